The number of aromatic amines is 1. The molecule has 0 unspecified atom stereocenters. The van der Waals surface area contributed by atoms with Crippen LogP contribution >= 0.6 is 0 Å². The molecular formula is C15H19N3O4. The van der Waals surface area contributed by atoms with E-state index in [-0.39, 0.29) is 17.9 Å². The summed E-state index contributed by atoms with van der Waals surface area (Å²) in [6.45, 7) is 4.94. The van der Waals surface area contributed by atoms with Gasteiger partial charge in [-0.05, 0) is 26.0 Å². The quantitative estimate of drug-likeness (QED) is 0.614. The van der Waals surface area contributed by atoms with E-state index in [0.29, 0.717) is 30.7 Å². The number of esters is 1. The van der Waals surface area contributed by atoms with Gasteiger partial charge in [-0.25, -0.2) is 9.78 Å². The highest BCUT2D eigenvalue weighted by Gasteiger charge is 2.19. The Morgan fingerprint density at radius 2 is 2.09 bits per heavy atom. The lowest BCUT2D eigenvalue weighted by molar-refractivity contribution is 0.0526. The summed E-state index contributed by atoms with van der Waals surface area (Å²) in [7, 11) is 0. The van der Waals surface area contributed by atoms with Gasteiger partial charge in [-0.2, -0.15) is 0 Å². The summed E-state index contributed by atoms with van der Waals surface area (Å²) in [5.41, 5.74) is 6.37. The number of carbonyl (C=O) groups is 1. The molecule has 22 heavy (non-hydrogen) atoms. The number of rotatable bonds is 6. The molecule has 0 spiro atoms. The fraction of sp³-hybridized carbons (Fsp3) is 0.400. The van der Waals surface area contributed by atoms with Crippen LogP contribution in [0.25, 0.3) is 11.0 Å². The number of pyridine rings is 2. The van der Waals surface area contributed by atoms with Crippen LogP contribution in [0.1, 0.15) is 29.9 Å². The molecule has 2 heterocycles. The van der Waals surface area contributed by atoms with Crippen molar-refractivity contribution in [2.75, 3.05) is 25.6 Å². The van der Waals surface area contributed by atoms with Crippen molar-refractivity contribution in [2.24, 2.45) is 0 Å². The zero-order valence-corrected chi connectivity index (χ0v) is 12.6. The van der Waals surface area contributed by atoms with Gasteiger partial charge in [-0.1, -0.05) is 0 Å². The maximum absolute atomic E-state index is 12.0. The normalized spacial score (nSPS) is 10.8. The van der Waals surface area contributed by atoms with Crippen molar-refractivity contribution >= 4 is 22.7 Å². The molecule has 0 aromatic carbocycles. The highest BCUT2D eigenvalue weighted by atomic mass is 16.5. The van der Waals surface area contributed by atoms with E-state index in [1.54, 1.807) is 19.1 Å². The molecule has 7 heteroatoms. The summed E-state index contributed by atoms with van der Waals surface area (Å²) >= 11 is 0. The maximum atomic E-state index is 12.0. The summed E-state index contributed by atoms with van der Waals surface area (Å²) in [5.74, 6) is -0.733. The summed E-state index contributed by atoms with van der Waals surface area (Å²) in [6.07, 6.45) is 0.630. The Labute approximate surface area is 127 Å². The number of hydrogen-bond acceptors (Lipinski definition) is 6. The van der Waals surface area contributed by atoms with Gasteiger partial charge in [0.05, 0.1) is 18.9 Å². The number of carbonyl (C=O) groups excluding carboxylic acids is 1. The third kappa shape index (κ3) is 3.25. The zero-order chi connectivity index (χ0) is 16.1. The molecule has 0 aliphatic carbocycles. The van der Waals surface area contributed by atoms with E-state index in [1.165, 1.54) is 0 Å². The summed E-state index contributed by atoms with van der Waals surface area (Å²) < 4.78 is 10.1. The fourth-order valence-electron chi connectivity index (χ4n) is 2.11. The van der Waals surface area contributed by atoms with Crippen LogP contribution in [0.15, 0.2) is 16.9 Å². The Kier molecular flexibility index (Phi) is 5.11. The van der Waals surface area contributed by atoms with Crippen molar-refractivity contribution < 1.29 is 14.3 Å². The van der Waals surface area contributed by atoms with Crippen molar-refractivity contribution in [1.82, 2.24) is 9.97 Å². The van der Waals surface area contributed by atoms with Crippen molar-refractivity contribution in [1.29, 1.82) is 0 Å². The molecule has 3 N–H and O–H groups in total. The molecule has 0 radical (unpaired) electrons. The first-order chi connectivity index (χ1) is 10.6. The Morgan fingerprint density at radius 3 is 2.77 bits per heavy atom. The third-order valence-corrected chi connectivity index (χ3v) is 3.16. The predicted octanol–water partition coefficient (Wildman–Crippen LogP) is 1.26. The number of nitrogen functional groups attached to an aromatic ring is 1. The van der Waals surface area contributed by atoms with Gasteiger partial charge in [0.1, 0.15) is 11.2 Å². The first kappa shape index (κ1) is 16.0. The van der Waals surface area contributed by atoms with Crippen LogP contribution in [0.2, 0.25) is 0 Å². The number of H-pyrrole nitrogens is 1. The number of aromatic nitrogens is 2. The fourth-order valence-corrected chi connectivity index (χ4v) is 2.11. The van der Waals surface area contributed by atoms with E-state index < -0.39 is 11.5 Å². The Bertz CT molecular complexity index is 739. The molecule has 0 fully saturated rings. The molecule has 0 saturated carbocycles. The van der Waals surface area contributed by atoms with E-state index in [4.69, 9.17) is 15.2 Å². The van der Waals surface area contributed by atoms with Crippen molar-refractivity contribution in [3.8, 4) is 0 Å². The van der Waals surface area contributed by atoms with Gasteiger partial charge in [0, 0.05) is 24.1 Å². The molecule has 0 bridgehead atoms. The average molecular weight is 305 g/mol. The molecule has 7 nitrogen and oxygen atoms in total. The second-order valence-electron chi connectivity index (χ2n) is 4.61. The van der Waals surface area contributed by atoms with Gasteiger partial charge in [0.2, 0.25) is 0 Å². The summed E-state index contributed by atoms with van der Waals surface area (Å²) in [5, 5.41) is 0.516. The number of ether oxygens (including phenoxy) is 2. The monoisotopic (exact) mass is 305 g/mol. The lowest BCUT2D eigenvalue weighted by Gasteiger charge is -2.08. The lowest BCUT2D eigenvalue weighted by atomic mass is 10.1. The minimum atomic E-state index is -0.733. The maximum Gasteiger partial charge on any atom is 0.345 e. The van der Waals surface area contributed by atoms with E-state index in [9.17, 15) is 9.59 Å². The van der Waals surface area contributed by atoms with Crippen LogP contribution in [0.3, 0.4) is 0 Å². The van der Waals surface area contributed by atoms with Gasteiger partial charge in [-0.3, -0.25) is 4.79 Å². The SMILES string of the molecule is CCOCCc1ccc2c(N)c(C(=O)OCC)c(=O)[nH]c2n1. The van der Waals surface area contributed by atoms with Crippen molar-refractivity contribution in [3.05, 3.63) is 33.7 Å². The van der Waals surface area contributed by atoms with Gasteiger partial charge in [-0.15, -0.1) is 0 Å². The van der Waals surface area contributed by atoms with Gasteiger partial charge in [0.15, 0.2) is 0 Å². The average Bonchev–Trinajstić information content (AvgIpc) is 2.47. The molecule has 118 valence electrons. The van der Waals surface area contributed by atoms with Crippen LogP contribution in [0.4, 0.5) is 5.69 Å². The molecule has 2 aromatic heterocycles. The van der Waals surface area contributed by atoms with E-state index >= 15 is 0 Å². The first-order valence-electron chi connectivity index (χ1n) is 7.14. The molecule has 0 aliphatic heterocycles. The first-order valence-corrected chi connectivity index (χ1v) is 7.14. The number of nitrogens with one attached hydrogen (secondary N) is 1. The molecule has 0 amide bonds. The Hall–Kier alpha value is -2.41. The van der Waals surface area contributed by atoms with Gasteiger partial charge in [0.25, 0.3) is 5.56 Å². The predicted molar refractivity (Wildman–Crippen MR) is 82.9 cm³/mol. The molecule has 0 aliphatic rings. The number of hydrogen-bond donors (Lipinski definition) is 2. The highest BCUT2D eigenvalue weighted by Crippen LogP contribution is 2.20. The minimum Gasteiger partial charge on any atom is -0.462 e. The van der Waals surface area contributed by atoms with Gasteiger partial charge < -0.3 is 20.2 Å². The highest BCUT2D eigenvalue weighted by molar-refractivity contribution is 6.03. The standard InChI is InChI=1S/C15H19N3O4/c1-3-21-8-7-9-5-6-10-12(16)11(15(20)22-4-2)14(19)18-13(10)17-9/h5-6H,3-4,7-8H2,1-2H3,(H3,16,17,18,19). The molecule has 0 saturated heterocycles. The van der Waals surface area contributed by atoms with Crippen LogP contribution in [-0.2, 0) is 15.9 Å². The van der Waals surface area contributed by atoms with Gasteiger partial charge >= 0.3 is 5.97 Å². The summed E-state index contributed by atoms with van der Waals surface area (Å²) in [6, 6.07) is 3.53. The van der Waals surface area contributed by atoms with Crippen molar-refractivity contribution in [2.45, 2.75) is 20.3 Å². The van der Waals surface area contributed by atoms with Crippen LogP contribution in [-0.4, -0.2) is 35.8 Å². The largest absolute Gasteiger partial charge is 0.462 e. The summed E-state index contributed by atoms with van der Waals surface area (Å²) in [4.78, 5) is 30.8. The molecule has 0 atom stereocenters. The third-order valence-electron chi connectivity index (χ3n) is 3.16. The van der Waals surface area contributed by atoms with Crippen LogP contribution in [0, 0.1) is 0 Å². The number of anilines is 1. The topological polar surface area (TPSA) is 107 Å². The number of nitrogens with two attached hydrogens (primary N) is 1. The van der Waals surface area contributed by atoms with E-state index in [0.717, 1.165) is 5.69 Å². The van der Waals surface area contributed by atoms with Crippen molar-refractivity contribution in [3.63, 3.8) is 0 Å². The van der Waals surface area contributed by atoms with Crippen LogP contribution in [0.5, 0.6) is 0 Å². The lowest BCUT2D eigenvalue weighted by Crippen LogP contribution is -2.22. The number of fused-ring (bicyclic) bond motifs is 1. The van der Waals surface area contributed by atoms with Crippen LogP contribution < -0.4 is 11.3 Å². The molecule has 2 rings (SSSR count). The Morgan fingerprint density at radius 1 is 1.32 bits per heavy atom. The van der Waals surface area contributed by atoms with E-state index in [1.807, 2.05) is 6.92 Å². The zero-order valence-electron chi connectivity index (χ0n) is 12.6. The van der Waals surface area contributed by atoms with E-state index in [2.05, 4.69) is 9.97 Å². The number of nitrogens with zero attached hydrogens (tertiary/aromatic N) is 1. The minimum absolute atomic E-state index is 0.0843. The molecule has 2 aromatic rings. The molecular weight excluding hydrogens is 286 g/mol. The second-order valence-corrected chi connectivity index (χ2v) is 4.61. The Balaban J connectivity index is 2.43. The second kappa shape index (κ2) is 7.04. The smallest absolute Gasteiger partial charge is 0.345 e.